The molecule has 3 N–H and O–H groups in total. The normalized spacial score (nSPS) is 21.2. The fraction of sp³-hybridized carbons (Fsp3) is 0.423. The van der Waals surface area contributed by atoms with E-state index in [2.05, 4.69) is 111 Å². The summed E-state index contributed by atoms with van der Waals surface area (Å²) < 4.78 is 7.49. The van der Waals surface area contributed by atoms with Gasteiger partial charge in [0.15, 0.2) is 0 Å². The maximum Gasteiger partial charge on any atom is 0.261 e. The fourth-order valence-corrected chi connectivity index (χ4v) is 15.0. The van der Waals surface area contributed by atoms with Crippen LogP contribution in [0.25, 0.3) is 6.08 Å². The molecule has 2 heterocycles. The summed E-state index contributed by atoms with van der Waals surface area (Å²) in [6, 6.07) is 38.2. The van der Waals surface area contributed by atoms with E-state index < -0.39 is 32.2 Å². The third-order valence-electron chi connectivity index (χ3n) is 13.4. The molecular weight excluding hydrogens is 777 g/mol. The highest BCUT2D eigenvalue weighted by Gasteiger charge is 2.57. The van der Waals surface area contributed by atoms with Gasteiger partial charge in [0.25, 0.3) is 8.32 Å². The van der Waals surface area contributed by atoms with E-state index in [0.717, 1.165) is 54.0 Å². The SMILES string of the molecule is CCC/C(=C\c1ccc(O)cc1)CC[C@@H](O)C1=C(CO[Si](c2ccccc2)(c2ccccc2)C(C)(C)C)C[C@H]2C(=O)N(C3CCN(Cc4ccccc4)CC3)C(=O)[C@H]2[C@H]1CO. The average Bonchev–Trinajstić information content (AvgIpc) is 3.52. The summed E-state index contributed by atoms with van der Waals surface area (Å²) in [5.74, 6) is -2.27. The van der Waals surface area contributed by atoms with Crippen LogP contribution in [0, 0.1) is 17.8 Å². The number of benzene rings is 4. The van der Waals surface area contributed by atoms with Crippen LogP contribution in [0.5, 0.6) is 5.75 Å². The zero-order valence-corrected chi connectivity index (χ0v) is 37.4. The second-order valence-corrected chi connectivity index (χ2v) is 22.7. The first-order chi connectivity index (χ1) is 29.4. The summed E-state index contributed by atoms with van der Waals surface area (Å²) in [4.78, 5) is 33.3. The van der Waals surface area contributed by atoms with Gasteiger partial charge in [-0.1, -0.05) is 149 Å². The van der Waals surface area contributed by atoms with Crippen LogP contribution in [0.2, 0.25) is 5.04 Å². The van der Waals surface area contributed by atoms with Crippen LogP contribution in [0.1, 0.15) is 83.8 Å². The van der Waals surface area contributed by atoms with Crippen molar-refractivity contribution in [2.24, 2.45) is 17.8 Å². The van der Waals surface area contributed by atoms with Gasteiger partial charge < -0.3 is 19.7 Å². The smallest absolute Gasteiger partial charge is 0.261 e. The van der Waals surface area contributed by atoms with E-state index in [1.54, 1.807) is 17.0 Å². The molecule has 8 nitrogen and oxygen atoms in total. The Morgan fingerprint density at radius 2 is 1.43 bits per heavy atom. The van der Waals surface area contributed by atoms with Crippen LogP contribution in [0.15, 0.2) is 132 Å². The van der Waals surface area contributed by atoms with E-state index in [1.165, 1.54) is 11.1 Å². The van der Waals surface area contributed by atoms with Crippen LogP contribution in [-0.2, 0) is 20.6 Å². The molecule has 2 saturated heterocycles. The molecule has 1 aliphatic carbocycles. The Bertz CT molecular complexity index is 2100. The molecule has 61 heavy (non-hydrogen) atoms. The first-order valence-electron chi connectivity index (χ1n) is 22.3. The van der Waals surface area contributed by atoms with Crippen LogP contribution >= 0.6 is 0 Å². The number of rotatable bonds is 16. The molecule has 322 valence electrons. The predicted molar refractivity (Wildman–Crippen MR) is 246 cm³/mol. The molecule has 4 atom stereocenters. The Morgan fingerprint density at radius 1 is 0.836 bits per heavy atom. The Kier molecular flexibility index (Phi) is 14.3. The number of phenols is 1. The predicted octanol–water partition coefficient (Wildman–Crippen LogP) is 7.87. The number of aliphatic hydroxyl groups is 2. The van der Waals surface area contributed by atoms with Gasteiger partial charge >= 0.3 is 0 Å². The Labute approximate surface area is 363 Å². The van der Waals surface area contributed by atoms with Gasteiger partial charge in [-0.15, -0.1) is 0 Å². The van der Waals surface area contributed by atoms with Crippen LogP contribution in [-0.4, -0.2) is 83.7 Å². The largest absolute Gasteiger partial charge is 0.508 e. The van der Waals surface area contributed by atoms with Crippen molar-refractivity contribution in [1.82, 2.24) is 9.80 Å². The molecule has 0 bridgehead atoms. The number of piperidine rings is 1. The molecule has 2 fully saturated rings. The lowest BCUT2D eigenvalue weighted by Crippen LogP contribution is -2.66. The number of aromatic hydroxyl groups is 1. The van der Waals surface area contributed by atoms with E-state index >= 15 is 0 Å². The maximum absolute atomic E-state index is 14.7. The molecule has 3 aliphatic rings. The first-order valence-corrected chi connectivity index (χ1v) is 24.2. The van der Waals surface area contributed by atoms with E-state index in [1.807, 2.05) is 30.3 Å². The monoisotopic (exact) mass is 840 g/mol. The van der Waals surface area contributed by atoms with E-state index in [0.29, 0.717) is 37.7 Å². The molecule has 2 amide bonds. The molecular formula is C52H64N2O6Si. The summed E-state index contributed by atoms with van der Waals surface area (Å²) in [6.45, 7) is 11.0. The van der Waals surface area contributed by atoms with E-state index in [4.69, 9.17) is 4.43 Å². The zero-order valence-electron chi connectivity index (χ0n) is 36.4. The molecule has 0 saturated carbocycles. The van der Waals surface area contributed by atoms with Gasteiger partial charge in [0.2, 0.25) is 11.8 Å². The number of likely N-dealkylation sites (tertiary alicyclic amines) is 2. The van der Waals surface area contributed by atoms with Crippen molar-refractivity contribution >= 4 is 36.6 Å². The van der Waals surface area contributed by atoms with Crippen molar-refractivity contribution in [2.45, 2.75) is 96.4 Å². The highest BCUT2D eigenvalue weighted by atomic mass is 28.4. The summed E-state index contributed by atoms with van der Waals surface area (Å²) in [5, 5.41) is 35.6. The van der Waals surface area contributed by atoms with Crippen LogP contribution in [0.4, 0.5) is 0 Å². The van der Waals surface area contributed by atoms with Crippen molar-refractivity contribution in [1.29, 1.82) is 0 Å². The van der Waals surface area contributed by atoms with Crippen molar-refractivity contribution in [3.8, 4) is 5.75 Å². The standard InChI is InChI=1S/C52H64N2O6Si/c1-5-15-37(32-38-22-25-42(56)26-23-38)24-27-47(57)48-40(36-60-61(52(2,3)4,43-18-11-7-12-19-43)44-20-13-8-14-21-44)33-45-49(46(48)35-55)51(59)54(50(45)58)41-28-30-53(31-29-41)34-39-16-9-6-10-17-39/h6-14,16-23,25-26,32,41,45-47,49,55-57H,5,15,24,27-31,33-36H2,1-4H3/b37-32+/t45-,46+,47-,49-/m1/s1. The third-order valence-corrected chi connectivity index (χ3v) is 18.4. The highest BCUT2D eigenvalue weighted by Crippen LogP contribution is 2.48. The number of hydrogen-bond donors (Lipinski definition) is 3. The number of allylic oxidation sites excluding steroid dienone is 1. The Balaban J connectivity index is 1.22. The van der Waals surface area contributed by atoms with Crippen molar-refractivity contribution in [2.75, 3.05) is 26.3 Å². The van der Waals surface area contributed by atoms with Gasteiger partial charge in [0.05, 0.1) is 31.2 Å². The molecule has 4 aromatic carbocycles. The molecule has 0 spiro atoms. The van der Waals surface area contributed by atoms with Gasteiger partial charge in [-0.25, -0.2) is 0 Å². The summed E-state index contributed by atoms with van der Waals surface area (Å²) in [7, 11) is -3.04. The second kappa shape index (κ2) is 19.6. The number of phenolic OH excluding ortho intramolecular Hbond substituents is 1. The lowest BCUT2D eigenvalue weighted by atomic mass is 9.68. The van der Waals surface area contributed by atoms with Crippen molar-refractivity contribution < 1.29 is 29.3 Å². The van der Waals surface area contributed by atoms with Crippen LogP contribution in [0.3, 0.4) is 0 Å². The molecule has 0 radical (unpaired) electrons. The summed E-state index contributed by atoms with van der Waals surface area (Å²) in [6.07, 6.45) is 5.63. The third kappa shape index (κ3) is 9.57. The minimum absolute atomic E-state index is 0.159. The molecule has 0 unspecified atom stereocenters. The number of amides is 2. The van der Waals surface area contributed by atoms with E-state index in [-0.39, 0.29) is 41.9 Å². The molecule has 7 rings (SSSR count). The molecule has 4 aromatic rings. The van der Waals surface area contributed by atoms with Gasteiger partial charge in [-0.05, 0) is 88.3 Å². The average molecular weight is 841 g/mol. The lowest BCUT2D eigenvalue weighted by Gasteiger charge is -2.44. The van der Waals surface area contributed by atoms with Gasteiger partial charge in [-0.3, -0.25) is 19.4 Å². The Hall–Kier alpha value is -4.64. The number of carbonyl (C=O) groups is 2. The number of aliphatic hydroxyl groups excluding tert-OH is 2. The minimum atomic E-state index is -3.04. The number of imide groups is 1. The number of nitrogens with zero attached hydrogens (tertiary/aromatic N) is 2. The molecule has 9 heteroatoms. The molecule has 0 aromatic heterocycles. The maximum atomic E-state index is 14.7. The van der Waals surface area contributed by atoms with Crippen molar-refractivity contribution in [3.05, 3.63) is 143 Å². The van der Waals surface area contributed by atoms with E-state index in [9.17, 15) is 24.9 Å². The summed E-state index contributed by atoms with van der Waals surface area (Å²) in [5.41, 5.74) is 4.87. The molecule has 2 aliphatic heterocycles. The van der Waals surface area contributed by atoms with Crippen LogP contribution < -0.4 is 10.4 Å². The zero-order chi connectivity index (χ0) is 43.1. The summed E-state index contributed by atoms with van der Waals surface area (Å²) >= 11 is 0. The first kappa shape index (κ1) is 44.4. The van der Waals surface area contributed by atoms with Gasteiger partial charge in [-0.2, -0.15) is 0 Å². The lowest BCUT2D eigenvalue weighted by molar-refractivity contribution is -0.144. The number of hydrogen-bond acceptors (Lipinski definition) is 7. The quantitative estimate of drug-likeness (QED) is 0.0599. The Morgan fingerprint density at radius 3 is 1.98 bits per heavy atom. The minimum Gasteiger partial charge on any atom is -0.508 e. The van der Waals surface area contributed by atoms with Crippen molar-refractivity contribution in [3.63, 3.8) is 0 Å². The fourth-order valence-electron chi connectivity index (χ4n) is 10.5. The highest BCUT2D eigenvalue weighted by molar-refractivity contribution is 6.99. The van der Waals surface area contributed by atoms with Gasteiger partial charge in [0, 0.05) is 31.6 Å². The second-order valence-electron chi connectivity index (χ2n) is 18.4. The number of fused-ring (bicyclic) bond motifs is 1. The number of carbonyl (C=O) groups excluding carboxylic acids is 2. The topological polar surface area (TPSA) is 111 Å². The van der Waals surface area contributed by atoms with Gasteiger partial charge in [0.1, 0.15) is 5.75 Å².